The largest absolute Gasteiger partial charge is 0.478 e. The van der Waals surface area contributed by atoms with Gasteiger partial charge in [0, 0.05) is 19.7 Å². The molecule has 1 saturated heterocycles. The Morgan fingerprint density at radius 2 is 2.20 bits per heavy atom. The average molecular weight is 277 g/mol. The SMILES string of the molecule is CCN(Cc1ccccc1C(=O)O)C[C@@H]1CCCCO1. The van der Waals surface area contributed by atoms with Crippen LogP contribution in [0.2, 0.25) is 0 Å². The first-order valence-corrected chi connectivity index (χ1v) is 7.36. The van der Waals surface area contributed by atoms with Crippen LogP contribution in [-0.4, -0.2) is 41.8 Å². The number of ether oxygens (including phenoxy) is 1. The number of benzene rings is 1. The second kappa shape index (κ2) is 7.41. The van der Waals surface area contributed by atoms with Crippen molar-refractivity contribution in [2.75, 3.05) is 19.7 Å². The first kappa shape index (κ1) is 15.0. The average Bonchev–Trinajstić information content (AvgIpc) is 2.48. The summed E-state index contributed by atoms with van der Waals surface area (Å²) in [5.41, 5.74) is 1.27. The van der Waals surface area contributed by atoms with Gasteiger partial charge in [0.05, 0.1) is 11.7 Å². The fourth-order valence-electron chi connectivity index (χ4n) is 2.65. The van der Waals surface area contributed by atoms with Crippen LogP contribution < -0.4 is 0 Å². The number of hydrogen-bond acceptors (Lipinski definition) is 3. The summed E-state index contributed by atoms with van der Waals surface area (Å²) in [5.74, 6) is -0.856. The van der Waals surface area contributed by atoms with E-state index in [1.54, 1.807) is 12.1 Å². The molecular formula is C16H23NO3. The van der Waals surface area contributed by atoms with Gasteiger partial charge < -0.3 is 9.84 Å². The molecular weight excluding hydrogens is 254 g/mol. The lowest BCUT2D eigenvalue weighted by atomic mass is 10.1. The Balaban J connectivity index is 2.00. The van der Waals surface area contributed by atoms with Crippen LogP contribution in [0, 0.1) is 0 Å². The monoisotopic (exact) mass is 277 g/mol. The van der Waals surface area contributed by atoms with Crippen molar-refractivity contribution in [1.29, 1.82) is 0 Å². The minimum absolute atomic E-state index is 0.292. The summed E-state index contributed by atoms with van der Waals surface area (Å²) in [6.07, 6.45) is 3.79. The van der Waals surface area contributed by atoms with E-state index in [-0.39, 0.29) is 0 Å². The molecule has 0 amide bonds. The van der Waals surface area contributed by atoms with Crippen LogP contribution in [0.15, 0.2) is 24.3 Å². The van der Waals surface area contributed by atoms with Crippen molar-refractivity contribution in [3.63, 3.8) is 0 Å². The number of carbonyl (C=O) groups is 1. The van der Waals surface area contributed by atoms with Crippen LogP contribution in [0.4, 0.5) is 0 Å². The molecule has 1 N–H and O–H groups in total. The van der Waals surface area contributed by atoms with E-state index in [2.05, 4.69) is 11.8 Å². The van der Waals surface area contributed by atoms with Crippen molar-refractivity contribution in [1.82, 2.24) is 4.90 Å². The van der Waals surface area contributed by atoms with Crippen LogP contribution in [0.25, 0.3) is 0 Å². The number of hydrogen-bond donors (Lipinski definition) is 1. The number of nitrogens with zero attached hydrogens (tertiary/aromatic N) is 1. The Morgan fingerprint density at radius 3 is 2.85 bits per heavy atom. The van der Waals surface area contributed by atoms with Gasteiger partial charge in [-0.15, -0.1) is 0 Å². The topological polar surface area (TPSA) is 49.8 Å². The molecule has 4 heteroatoms. The van der Waals surface area contributed by atoms with E-state index in [0.29, 0.717) is 18.2 Å². The Morgan fingerprint density at radius 1 is 1.40 bits per heavy atom. The summed E-state index contributed by atoms with van der Waals surface area (Å²) in [4.78, 5) is 13.5. The van der Waals surface area contributed by atoms with E-state index in [4.69, 9.17) is 4.74 Å². The van der Waals surface area contributed by atoms with Crippen molar-refractivity contribution >= 4 is 5.97 Å². The molecule has 0 aromatic heterocycles. The molecule has 1 heterocycles. The standard InChI is InChI=1S/C16H23NO3/c1-2-17(12-14-8-5-6-10-20-14)11-13-7-3-4-9-15(13)16(18)19/h3-4,7,9,14H,2,5-6,8,10-12H2,1H3,(H,18,19)/t14-/m0/s1. The molecule has 0 radical (unpaired) electrons. The van der Waals surface area contributed by atoms with Crippen molar-refractivity contribution in [3.05, 3.63) is 35.4 Å². The molecule has 1 fully saturated rings. The van der Waals surface area contributed by atoms with Gasteiger partial charge in [-0.2, -0.15) is 0 Å². The van der Waals surface area contributed by atoms with Gasteiger partial charge in [-0.05, 0) is 37.4 Å². The number of aromatic carboxylic acids is 1. The molecule has 0 spiro atoms. The maximum absolute atomic E-state index is 11.2. The van der Waals surface area contributed by atoms with Crippen molar-refractivity contribution in [3.8, 4) is 0 Å². The molecule has 1 aliphatic rings. The number of likely N-dealkylation sites (N-methyl/N-ethyl adjacent to an activating group) is 1. The predicted molar refractivity (Wildman–Crippen MR) is 77.9 cm³/mol. The molecule has 0 saturated carbocycles. The molecule has 110 valence electrons. The van der Waals surface area contributed by atoms with Gasteiger partial charge in [0.25, 0.3) is 0 Å². The summed E-state index contributed by atoms with van der Waals surface area (Å²) >= 11 is 0. The summed E-state index contributed by atoms with van der Waals surface area (Å²) in [7, 11) is 0. The molecule has 20 heavy (non-hydrogen) atoms. The first-order chi connectivity index (χ1) is 9.70. The summed E-state index contributed by atoms with van der Waals surface area (Å²) in [5, 5.41) is 9.23. The quantitative estimate of drug-likeness (QED) is 0.868. The highest BCUT2D eigenvalue weighted by molar-refractivity contribution is 5.89. The number of carboxylic acids is 1. The maximum atomic E-state index is 11.2. The number of rotatable bonds is 6. The van der Waals surface area contributed by atoms with Crippen molar-refractivity contribution in [2.45, 2.75) is 38.8 Å². The van der Waals surface area contributed by atoms with Crippen molar-refractivity contribution in [2.24, 2.45) is 0 Å². The summed E-state index contributed by atoms with van der Waals surface area (Å²) < 4.78 is 5.77. The van der Waals surface area contributed by atoms with Crippen LogP contribution in [0.1, 0.15) is 42.1 Å². The van der Waals surface area contributed by atoms with Gasteiger partial charge in [0.15, 0.2) is 0 Å². The van der Waals surface area contributed by atoms with Crippen LogP contribution in [-0.2, 0) is 11.3 Å². The lowest BCUT2D eigenvalue weighted by Gasteiger charge is -2.29. The van der Waals surface area contributed by atoms with E-state index < -0.39 is 5.97 Å². The second-order valence-corrected chi connectivity index (χ2v) is 5.28. The van der Waals surface area contributed by atoms with Crippen molar-refractivity contribution < 1.29 is 14.6 Å². The van der Waals surface area contributed by atoms with Crippen LogP contribution in [0.3, 0.4) is 0 Å². The lowest BCUT2D eigenvalue weighted by Crippen LogP contribution is -2.35. The molecule has 0 unspecified atom stereocenters. The molecule has 1 atom stereocenters. The third-order valence-electron chi connectivity index (χ3n) is 3.82. The molecule has 1 aliphatic heterocycles. The third kappa shape index (κ3) is 4.05. The summed E-state index contributed by atoms with van der Waals surface area (Å²) in [6.45, 7) is 5.40. The molecule has 1 aromatic carbocycles. The third-order valence-corrected chi connectivity index (χ3v) is 3.82. The Labute approximate surface area is 120 Å². The van der Waals surface area contributed by atoms with Crippen LogP contribution in [0.5, 0.6) is 0 Å². The normalized spacial score (nSPS) is 19.2. The van der Waals surface area contributed by atoms with Gasteiger partial charge in [-0.25, -0.2) is 4.79 Å². The van der Waals surface area contributed by atoms with E-state index in [1.807, 2.05) is 12.1 Å². The van der Waals surface area contributed by atoms with Gasteiger partial charge in [-0.3, -0.25) is 4.90 Å². The molecule has 0 bridgehead atoms. The molecule has 0 aliphatic carbocycles. The highest BCUT2D eigenvalue weighted by atomic mass is 16.5. The van der Waals surface area contributed by atoms with Gasteiger partial charge in [-0.1, -0.05) is 25.1 Å². The predicted octanol–water partition coefficient (Wildman–Crippen LogP) is 2.78. The van der Waals surface area contributed by atoms with E-state index in [0.717, 1.165) is 38.1 Å². The zero-order valence-electron chi connectivity index (χ0n) is 12.0. The van der Waals surface area contributed by atoms with Gasteiger partial charge in [0.2, 0.25) is 0 Å². The Kier molecular flexibility index (Phi) is 5.56. The fourth-order valence-corrected chi connectivity index (χ4v) is 2.65. The molecule has 1 aromatic rings. The van der Waals surface area contributed by atoms with E-state index in [1.165, 1.54) is 6.42 Å². The highest BCUT2D eigenvalue weighted by Crippen LogP contribution is 2.17. The Bertz CT molecular complexity index is 441. The zero-order valence-corrected chi connectivity index (χ0v) is 12.0. The smallest absolute Gasteiger partial charge is 0.336 e. The highest BCUT2D eigenvalue weighted by Gasteiger charge is 2.18. The fraction of sp³-hybridized carbons (Fsp3) is 0.562. The Hall–Kier alpha value is -1.39. The van der Waals surface area contributed by atoms with Gasteiger partial charge >= 0.3 is 5.97 Å². The first-order valence-electron chi connectivity index (χ1n) is 7.36. The lowest BCUT2D eigenvalue weighted by molar-refractivity contribution is -0.00627. The van der Waals surface area contributed by atoms with Crippen LogP contribution >= 0.6 is 0 Å². The van der Waals surface area contributed by atoms with E-state index >= 15 is 0 Å². The molecule has 2 rings (SSSR count). The van der Waals surface area contributed by atoms with E-state index in [9.17, 15) is 9.90 Å². The second-order valence-electron chi connectivity index (χ2n) is 5.28. The minimum atomic E-state index is -0.856. The number of carboxylic acid groups (broad SMARTS) is 1. The summed E-state index contributed by atoms with van der Waals surface area (Å²) in [6, 6.07) is 7.23. The van der Waals surface area contributed by atoms with Gasteiger partial charge in [0.1, 0.15) is 0 Å². The molecule has 4 nitrogen and oxygen atoms in total. The minimum Gasteiger partial charge on any atom is -0.478 e. The zero-order chi connectivity index (χ0) is 14.4. The maximum Gasteiger partial charge on any atom is 0.336 e.